The van der Waals surface area contributed by atoms with Gasteiger partial charge in [-0.15, -0.1) is 0 Å². The van der Waals surface area contributed by atoms with Crippen LogP contribution in [0.25, 0.3) is 0 Å². The summed E-state index contributed by atoms with van der Waals surface area (Å²) in [7, 11) is 2.15. The highest BCUT2D eigenvalue weighted by Gasteiger charge is 2.53. The summed E-state index contributed by atoms with van der Waals surface area (Å²) in [5.41, 5.74) is 6.96. The lowest BCUT2D eigenvalue weighted by molar-refractivity contribution is -0.131. The molecule has 4 aliphatic heterocycles. The number of rotatable bonds is 9. The second-order valence-electron chi connectivity index (χ2n) is 15.3. The quantitative estimate of drug-likeness (QED) is 0.194. The molecular weight excluding hydrogens is 532 g/mol. The molecule has 0 aromatic rings. The first-order chi connectivity index (χ1) is 20.2. The van der Waals surface area contributed by atoms with Crippen molar-refractivity contribution in [3.63, 3.8) is 0 Å². The zero-order valence-electron chi connectivity index (χ0n) is 26.1. The number of aliphatic hydroxyl groups excluding tert-OH is 2. The van der Waals surface area contributed by atoms with Gasteiger partial charge in [-0.05, 0) is 88.6 Å². The first-order valence-corrected chi connectivity index (χ1v) is 17.2. The van der Waals surface area contributed by atoms with E-state index >= 15 is 0 Å². The number of nitrogens with zero attached hydrogens (tertiary/aromatic N) is 3. The van der Waals surface area contributed by atoms with Crippen molar-refractivity contribution < 1.29 is 14.9 Å². The predicted octanol–water partition coefficient (Wildman–Crippen LogP) is -0.105. The van der Waals surface area contributed by atoms with E-state index in [-0.39, 0.29) is 18.4 Å². The summed E-state index contributed by atoms with van der Waals surface area (Å²) in [5, 5.41) is 36.8. The molecule has 11 nitrogen and oxygen atoms in total. The fourth-order valence-electron chi connectivity index (χ4n) is 9.69. The van der Waals surface area contributed by atoms with E-state index in [1.807, 2.05) is 0 Å². The van der Waals surface area contributed by atoms with Crippen LogP contribution < -0.4 is 27.0 Å². The Hall–Kier alpha value is -0.440. The molecule has 0 bridgehead atoms. The van der Waals surface area contributed by atoms with Crippen LogP contribution in [0.1, 0.15) is 78.1 Å². The highest BCUT2D eigenvalue weighted by molar-refractivity contribution is 5.04. The highest BCUT2D eigenvalue weighted by atomic mass is 16.6. The topological polar surface area (TPSA) is 134 Å². The molecule has 0 amide bonds. The van der Waals surface area contributed by atoms with E-state index in [1.165, 1.54) is 64.2 Å². The van der Waals surface area contributed by atoms with Gasteiger partial charge in [-0.1, -0.05) is 20.3 Å². The molecule has 0 aromatic heterocycles. The molecule has 7 rings (SSSR count). The molecule has 3 saturated carbocycles. The molecule has 3 aliphatic carbocycles. The zero-order chi connectivity index (χ0) is 29.2. The maximum atomic E-state index is 11.0. The summed E-state index contributed by atoms with van der Waals surface area (Å²) < 4.78 is 6.40. The Morgan fingerprint density at radius 3 is 2.52 bits per heavy atom. The van der Waals surface area contributed by atoms with Crippen molar-refractivity contribution in [3.8, 4) is 0 Å². The lowest BCUT2D eigenvalue weighted by Crippen LogP contribution is -2.69. The highest BCUT2D eigenvalue weighted by Crippen LogP contribution is 2.52. The number of nitrogens with one attached hydrogen (secondary N) is 4. The molecule has 8 N–H and O–H groups in total. The second kappa shape index (κ2) is 12.1. The van der Waals surface area contributed by atoms with Crippen molar-refractivity contribution in [1.82, 2.24) is 36.0 Å². The smallest absolute Gasteiger partial charge is 0.142 e. The average Bonchev–Trinajstić information content (AvgIpc) is 3.63. The Morgan fingerprint density at radius 2 is 1.79 bits per heavy atom. The third-order valence-corrected chi connectivity index (χ3v) is 12.9. The molecule has 11 atom stereocenters. The van der Waals surface area contributed by atoms with Gasteiger partial charge in [0.15, 0.2) is 0 Å². The molecule has 11 heteroatoms. The van der Waals surface area contributed by atoms with Crippen LogP contribution in [0.3, 0.4) is 0 Å². The van der Waals surface area contributed by atoms with Crippen LogP contribution in [0.4, 0.5) is 0 Å². The number of hydrogen-bond donors (Lipinski definition) is 7. The van der Waals surface area contributed by atoms with Crippen molar-refractivity contribution >= 4 is 0 Å². The fraction of sp³-hybridized carbons (Fsp3) is 1.00. The van der Waals surface area contributed by atoms with E-state index in [4.69, 9.17) is 10.5 Å². The number of aliphatic hydroxyl groups is 2. The van der Waals surface area contributed by atoms with Crippen molar-refractivity contribution in [2.75, 3.05) is 33.5 Å². The summed E-state index contributed by atoms with van der Waals surface area (Å²) in [4.78, 5) is 6.81. The monoisotopic (exact) mass is 590 g/mol. The lowest BCUT2D eigenvalue weighted by Gasteiger charge is -2.48. The molecule has 0 spiro atoms. The summed E-state index contributed by atoms with van der Waals surface area (Å²) in [6, 6.07) is 1.91. The van der Waals surface area contributed by atoms with E-state index in [1.54, 1.807) is 0 Å². The van der Waals surface area contributed by atoms with Crippen molar-refractivity contribution in [1.29, 1.82) is 0 Å². The van der Waals surface area contributed by atoms with Crippen molar-refractivity contribution in [3.05, 3.63) is 0 Å². The van der Waals surface area contributed by atoms with Gasteiger partial charge in [0.1, 0.15) is 24.5 Å². The van der Waals surface area contributed by atoms with E-state index in [9.17, 15) is 10.2 Å². The largest absolute Gasteiger partial charge is 0.387 e. The maximum absolute atomic E-state index is 11.0. The molecule has 0 aromatic carbocycles. The first kappa shape index (κ1) is 30.2. The van der Waals surface area contributed by atoms with Gasteiger partial charge in [0.25, 0.3) is 0 Å². The van der Waals surface area contributed by atoms with Gasteiger partial charge in [-0.3, -0.25) is 26.2 Å². The van der Waals surface area contributed by atoms with Gasteiger partial charge < -0.3 is 25.6 Å². The molecule has 7 fully saturated rings. The molecule has 4 heterocycles. The number of fused-ring (bicyclic) bond motifs is 2. The van der Waals surface area contributed by atoms with Gasteiger partial charge in [0.05, 0.1) is 37.9 Å². The second-order valence-corrected chi connectivity index (χ2v) is 15.3. The fourth-order valence-corrected chi connectivity index (χ4v) is 9.69. The van der Waals surface area contributed by atoms with Crippen LogP contribution >= 0.6 is 0 Å². The molecule has 7 aliphatic rings. The van der Waals surface area contributed by atoms with Gasteiger partial charge in [0, 0.05) is 24.7 Å². The summed E-state index contributed by atoms with van der Waals surface area (Å²) in [5.74, 6) is 1.69. The van der Waals surface area contributed by atoms with E-state index in [0.717, 1.165) is 18.4 Å². The number of ether oxygens (including phenoxy) is 1. The zero-order valence-corrected chi connectivity index (χ0v) is 26.1. The van der Waals surface area contributed by atoms with E-state index in [0.29, 0.717) is 49.6 Å². The predicted molar refractivity (Wildman–Crippen MR) is 162 cm³/mol. The van der Waals surface area contributed by atoms with Crippen LogP contribution in [0.2, 0.25) is 0 Å². The van der Waals surface area contributed by atoms with Crippen LogP contribution in [-0.4, -0.2) is 126 Å². The van der Waals surface area contributed by atoms with Crippen molar-refractivity contribution in [2.24, 2.45) is 23.0 Å². The average molecular weight is 591 g/mol. The Kier molecular flexibility index (Phi) is 8.68. The summed E-state index contributed by atoms with van der Waals surface area (Å²) in [6.07, 6.45) is 10.9. The van der Waals surface area contributed by atoms with Crippen LogP contribution in [-0.2, 0) is 4.74 Å². The maximum Gasteiger partial charge on any atom is 0.142 e. The first-order valence-electron chi connectivity index (χ1n) is 17.2. The summed E-state index contributed by atoms with van der Waals surface area (Å²) >= 11 is 0. The number of nitrogens with two attached hydrogens (primary N) is 1. The molecular formula is C31H58N8O3. The SMILES string of the molecule is CCN1CNC(N)C2NCN([C@@H]3O[C@H](CN(C)C4CC(CCC5NC6CCC(C7(C)CCC7)CC6N5)C4)[C@@H](O)[C@H]3O)C21. The molecule has 7 unspecified atom stereocenters. The van der Waals surface area contributed by atoms with Gasteiger partial charge >= 0.3 is 0 Å². The standard InChI is InChI=1S/C31H58N8O3/c1-4-38-16-34-28(32)25-29(38)39(17-33-25)30-27(41)26(40)23(42-30)15-37(3)20-12-18(13-20)6-9-24-35-21-8-7-19(14-22(21)36-24)31(2)10-5-11-31/h18-30,33-36,40-41H,4-17,32H2,1-3H3/t18?,19?,20?,21?,22?,23-,24?,25?,26-,27-,28?,29?,30-/m1/s1. The Balaban J connectivity index is 0.846. The Labute approximate surface area is 252 Å². The Bertz CT molecular complexity index is 936. The molecule has 240 valence electrons. The summed E-state index contributed by atoms with van der Waals surface area (Å²) in [6.45, 7) is 7.45. The van der Waals surface area contributed by atoms with E-state index < -0.39 is 24.5 Å². The minimum absolute atomic E-state index is 0.0298. The molecule has 0 radical (unpaired) electrons. The lowest BCUT2D eigenvalue weighted by atomic mass is 9.58. The molecule has 4 saturated heterocycles. The minimum atomic E-state index is -0.940. The van der Waals surface area contributed by atoms with Gasteiger partial charge in [0.2, 0.25) is 0 Å². The normalized spacial score (nSPS) is 49.1. The minimum Gasteiger partial charge on any atom is -0.387 e. The Morgan fingerprint density at radius 1 is 1.00 bits per heavy atom. The van der Waals surface area contributed by atoms with E-state index in [2.05, 4.69) is 56.9 Å². The molecule has 42 heavy (non-hydrogen) atoms. The third-order valence-electron chi connectivity index (χ3n) is 12.9. The number of hydrogen-bond acceptors (Lipinski definition) is 11. The van der Waals surface area contributed by atoms with Crippen LogP contribution in [0, 0.1) is 17.3 Å². The third kappa shape index (κ3) is 5.48. The van der Waals surface area contributed by atoms with Gasteiger partial charge in [-0.25, -0.2) is 4.90 Å². The van der Waals surface area contributed by atoms with Crippen molar-refractivity contribution in [2.45, 2.75) is 145 Å². The van der Waals surface area contributed by atoms with Crippen LogP contribution in [0.15, 0.2) is 0 Å². The van der Waals surface area contributed by atoms with Gasteiger partial charge in [-0.2, -0.15) is 0 Å². The number of likely N-dealkylation sites (N-methyl/N-ethyl adjacent to an activating group) is 2. The van der Waals surface area contributed by atoms with Crippen LogP contribution in [0.5, 0.6) is 0 Å².